The zero-order valence-electron chi connectivity index (χ0n) is 8.87. The summed E-state index contributed by atoms with van der Waals surface area (Å²) in [5.41, 5.74) is 1.09. The average molecular weight is 260 g/mol. The summed E-state index contributed by atoms with van der Waals surface area (Å²) in [6.45, 7) is 0.303. The molecule has 1 rings (SSSR count). The molecular formula is C11H16O3S2. The first kappa shape index (κ1) is 13.7. The number of rotatable bonds is 7. The predicted octanol–water partition coefficient (Wildman–Crippen LogP) is 1.84. The van der Waals surface area contributed by atoms with Crippen LogP contribution < -0.4 is 0 Å². The van der Waals surface area contributed by atoms with Crippen molar-refractivity contribution in [2.75, 3.05) is 24.7 Å². The molecule has 0 bridgehead atoms. The Morgan fingerprint density at radius 1 is 0.938 bits per heavy atom. The summed E-state index contributed by atoms with van der Waals surface area (Å²) in [5.74, 6) is 1.59. The van der Waals surface area contributed by atoms with Gasteiger partial charge in [0.25, 0.3) is 0 Å². The number of thioether (sulfide) groups is 2. The van der Waals surface area contributed by atoms with E-state index in [0.717, 1.165) is 5.56 Å². The number of aromatic hydroxyl groups is 1. The lowest BCUT2D eigenvalue weighted by molar-refractivity contribution is 0.322. The molecule has 0 saturated heterocycles. The zero-order valence-corrected chi connectivity index (χ0v) is 10.5. The van der Waals surface area contributed by atoms with Gasteiger partial charge in [-0.25, -0.2) is 0 Å². The number of aliphatic hydroxyl groups excluding tert-OH is 2. The molecule has 0 saturated carbocycles. The number of aliphatic hydroxyl groups is 2. The van der Waals surface area contributed by atoms with Crippen molar-refractivity contribution in [3.63, 3.8) is 0 Å². The molecule has 0 amide bonds. The van der Waals surface area contributed by atoms with Crippen molar-refractivity contribution in [3.05, 3.63) is 29.8 Å². The van der Waals surface area contributed by atoms with Crippen molar-refractivity contribution in [1.82, 2.24) is 0 Å². The van der Waals surface area contributed by atoms with Gasteiger partial charge in [-0.15, -0.1) is 23.5 Å². The quantitative estimate of drug-likeness (QED) is 0.653. The average Bonchev–Trinajstić information content (AvgIpc) is 2.31. The minimum Gasteiger partial charge on any atom is -0.508 e. The van der Waals surface area contributed by atoms with E-state index in [1.165, 1.54) is 0 Å². The van der Waals surface area contributed by atoms with Crippen molar-refractivity contribution in [2.24, 2.45) is 0 Å². The highest BCUT2D eigenvalue weighted by Crippen LogP contribution is 2.39. The Morgan fingerprint density at radius 2 is 1.44 bits per heavy atom. The highest BCUT2D eigenvalue weighted by atomic mass is 32.2. The monoisotopic (exact) mass is 260 g/mol. The van der Waals surface area contributed by atoms with Crippen LogP contribution >= 0.6 is 23.5 Å². The van der Waals surface area contributed by atoms with Crippen LogP contribution in [0.15, 0.2) is 24.3 Å². The third kappa shape index (κ3) is 4.65. The lowest BCUT2D eigenvalue weighted by atomic mass is 10.2. The molecule has 3 nitrogen and oxygen atoms in total. The van der Waals surface area contributed by atoms with E-state index in [1.54, 1.807) is 35.7 Å². The van der Waals surface area contributed by atoms with Crippen LogP contribution in [-0.4, -0.2) is 40.0 Å². The summed E-state index contributed by atoms with van der Waals surface area (Å²) < 4.78 is 0.194. The zero-order chi connectivity index (χ0) is 11.8. The van der Waals surface area contributed by atoms with E-state index in [4.69, 9.17) is 10.2 Å². The second-order valence-corrected chi connectivity index (χ2v) is 5.84. The van der Waals surface area contributed by atoms with Gasteiger partial charge in [0.1, 0.15) is 5.75 Å². The van der Waals surface area contributed by atoms with Crippen molar-refractivity contribution >= 4 is 23.5 Å². The van der Waals surface area contributed by atoms with Gasteiger partial charge in [-0.2, -0.15) is 0 Å². The first-order valence-electron chi connectivity index (χ1n) is 5.01. The van der Waals surface area contributed by atoms with Crippen molar-refractivity contribution in [1.29, 1.82) is 0 Å². The molecule has 90 valence electrons. The molecule has 0 spiro atoms. The number of phenolic OH excluding ortho intramolecular Hbond substituents is 1. The van der Waals surface area contributed by atoms with Crippen LogP contribution in [-0.2, 0) is 0 Å². The van der Waals surface area contributed by atoms with Gasteiger partial charge in [0.15, 0.2) is 0 Å². The maximum Gasteiger partial charge on any atom is 0.115 e. The van der Waals surface area contributed by atoms with Gasteiger partial charge in [0.2, 0.25) is 0 Å². The van der Waals surface area contributed by atoms with Gasteiger partial charge in [-0.05, 0) is 17.7 Å². The first-order chi connectivity index (χ1) is 7.77. The van der Waals surface area contributed by atoms with Crippen LogP contribution in [0.1, 0.15) is 10.1 Å². The molecule has 0 aliphatic heterocycles. The Hall–Kier alpha value is -0.360. The summed E-state index contributed by atoms with van der Waals surface area (Å²) in [6, 6.07) is 7.05. The molecule has 1 aromatic carbocycles. The Morgan fingerprint density at radius 3 is 1.88 bits per heavy atom. The summed E-state index contributed by atoms with van der Waals surface area (Å²) in [6.07, 6.45) is 0. The van der Waals surface area contributed by atoms with E-state index >= 15 is 0 Å². The third-order valence-corrected chi connectivity index (χ3v) is 4.69. The minimum atomic E-state index is 0.152. The Bertz CT molecular complexity index is 282. The highest BCUT2D eigenvalue weighted by molar-refractivity contribution is 8.16. The van der Waals surface area contributed by atoms with Crippen LogP contribution in [0.2, 0.25) is 0 Å². The maximum absolute atomic E-state index is 9.20. The molecule has 0 heterocycles. The number of hydrogen-bond acceptors (Lipinski definition) is 5. The number of hydrogen-bond donors (Lipinski definition) is 3. The van der Waals surface area contributed by atoms with E-state index in [0.29, 0.717) is 11.5 Å². The highest BCUT2D eigenvalue weighted by Gasteiger charge is 2.11. The first-order valence-corrected chi connectivity index (χ1v) is 7.11. The van der Waals surface area contributed by atoms with Crippen molar-refractivity contribution < 1.29 is 15.3 Å². The van der Waals surface area contributed by atoms with Crippen LogP contribution in [0.25, 0.3) is 0 Å². The molecule has 0 radical (unpaired) electrons. The molecule has 0 aromatic heterocycles. The molecule has 5 heteroatoms. The Kier molecular flexibility index (Phi) is 6.71. The molecule has 0 aliphatic carbocycles. The van der Waals surface area contributed by atoms with E-state index in [9.17, 15) is 5.11 Å². The molecular weight excluding hydrogens is 244 g/mol. The summed E-state index contributed by atoms with van der Waals surface area (Å²) >= 11 is 3.28. The van der Waals surface area contributed by atoms with Crippen LogP contribution in [0.3, 0.4) is 0 Å². The maximum atomic E-state index is 9.20. The third-order valence-electron chi connectivity index (χ3n) is 1.89. The van der Waals surface area contributed by atoms with E-state index in [1.807, 2.05) is 12.1 Å². The fourth-order valence-corrected chi connectivity index (χ4v) is 3.49. The summed E-state index contributed by atoms with van der Waals surface area (Å²) in [7, 11) is 0. The second kappa shape index (κ2) is 7.84. The predicted molar refractivity (Wildman–Crippen MR) is 69.9 cm³/mol. The fraction of sp³-hybridized carbons (Fsp3) is 0.455. The van der Waals surface area contributed by atoms with Crippen LogP contribution in [0.5, 0.6) is 5.75 Å². The van der Waals surface area contributed by atoms with Gasteiger partial charge in [-0.3, -0.25) is 0 Å². The van der Waals surface area contributed by atoms with Crippen molar-refractivity contribution in [3.8, 4) is 5.75 Å². The normalized spacial score (nSPS) is 10.9. The topological polar surface area (TPSA) is 60.7 Å². The molecule has 16 heavy (non-hydrogen) atoms. The largest absolute Gasteiger partial charge is 0.508 e. The van der Waals surface area contributed by atoms with Gasteiger partial charge in [0, 0.05) is 11.5 Å². The number of benzene rings is 1. The lowest BCUT2D eigenvalue weighted by Crippen LogP contribution is -1.97. The van der Waals surface area contributed by atoms with Gasteiger partial charge in [0.05, 0.1) is 17.8 Å². The second-order valence-electron chi connectivity index (χ2n) is 3.11. The SMILES string of the molecule is OCCSC(SCCO)c1ccc(O)cc1. The molecule has 0 fully saturated rings. The lowest BCUT2D eigenvalue weighted by Gasteiger charge is -2.15. The van der Waals surface area contributed by atoms with Crippen LogP contribution in [0, 0.1) is 0 Å². The minimum absolute atomic E-state index is 0.152. The summed E-state index contributed by atoms with van der Waals surface area (Å²) in [5, 5.41) is 26.8. The molecule has 0 atom stereocenters. The molecule has 0 aliphatic rings. The Labute approximate surface area is 104 Å². The van der Waals surface area contributed by atoms with Gasteiger partial charge in [-0.1, -0.05) is 12.1 Å². The van der Waals surface area contributed by atoms with Gasteiger partial charge >= 0.3 is 0 Å². The van der Waals surface area contributed by atoms with E-state index < -0.39 is 0 Å². The van der Waals surface area contributed by atoms with Crippen LogP contribution in [0.4, 0.5) is 0 Å². The van der Waals surface area contributed by atoms with Crippen molar-refractivity contribution in [2.45, 2.75) is 4.58 Å². The Balaban J connectivity index is 2.62. The fourth-order valence-electron chi connectivity index (χ4n) is 1.19. The van der Waals surface area contributed by atoms with Gasteiger partial charge < -0.3 is 15.3 Å². The molecule has 1 aromatic rings. The molecule has 0 unspecified atom stereocenters. The van der Waals surface area contributed by atoms with E-state index in [-0.39, 0.29) is 23.5 Å². The van der Waals surface area contributed by atoms with E-state index in [2.05, 4.69) is 0 Å². The smallest absolute Gasteiger partial charge is 0.115 e. The molecule has 3 N–H and O–H groups in total. The number of phenols is 1. The standard InChI is InChI=1S/C11H16O3S2/c12-5-7-15-11(16-8-6-13)9-1-3-10(14)4-2-9/h1-4,11-14H,5-8H2. The summed E-state index contributed by atoms with van der Waals surface area (Å²) in [4.78, 5) is 0.